The van der Waals surface area contributed by atoms with Gasteiger partial charge in [0.1, 0.15) is 0 Å². The molecule has 0 aromatic carbocycles. The Balaban J connectivity index is 1.59. The summed E-state index contributed by atoms with van der Waals surface area (Å²) in [5.74, 6) is 1.43. The molecule has 3 atom stereocenters. The van der Waals surface area contributed by atoms with Crippen LogP contribution in [0.2, 0.25) is 0 Å². The monoisotopic (exact) mass is 184 g/mol. The van der Waals surface area contributed by atoms with Gasteiger partial charge in [-0.15, -0.1) is 0 Å². The molecule has 2 aliphatic rings. The number of hydrogen-bond donors (Lipinski definition) is 0. The number of rotatable bonds is 4. The first kappa shape index (κ1) is 9.47. The van der Waals surface area contributed by atoms with E-state index in [-0.39, 0.29) is 0 Å². The van der Waals surface area contributed by atoms with Gasteiger partial charge < -0.3 is 9.47 Å². The molecule has 13 heavy (non-hydrogen) atoms. The molecule has 0 radical (unpaired) electrons. The summed E-state index contributed by atoms with van der Waals surface area (Å²) in [4.78, 5) is 0. The van der Waals surface area contributed by atoms with Crippen LogP contribution in [0.15, 0.2) is 0 Å². The van der Waals surface area contributed by atoms with Crippen LogP contribution in [0.25, 0.3) is 0 Å². The van der Waals surface area contributed by atoms with Crippen LogP contribution in [0.4, 0.5) is 0 Å². The fourth-order valence-corrected chi connectivity index (χ4v) is 2.11. The summed E-state index contributed by atoms with van der Waals surface area (Å²) in [6, 6.07) is 0. The molecule has 0 aromatic heterocycles. The van der Waals surface area contributed by atoms with Gasteiger partial charge >= 0.3 is 0 Å². The van der Waals surface area contributed by atoms with Gasteiger partial charge in [0.2, 0.25) is 0 Å². The largest absolute Gasteiger partial charge is 0.381 e. The van der Waals surface area contributed by atoms with E-state index in [9.17, 15) is 0 Å². The Morgan fingerprint density at radius 2 is 2.15 bits per heavy atom. The van der Waals surface area contributed by atoms with Gasteiger partial charge in [-0.3, -0.25) is 0 Å². The lowest BCUT2D eigenvalue weighted by molar-refractivity contribution is 0.0701. The molecule has 0 amide bonds. The highest BCUT2D eigenvalue weighted by atomic mass is 16.6. The van der Waals surface area contributed by atoms with E-state index < -0.39 is 0 Å². The van der Waals surface area contributed by atoms with Crippen molar-refractivity contribution in [3.8, 4) is 0 Å². The van der Waals surface area contributed by atoms with Gasteiger partial charge in [-0.25, -0.2) is 0 Å². The van der Waals surface area contributed by atoms with Crippen LogP contribution < -0.4 is 0 Å². The summed E-state index contributed by atoms with van der Waals surface area (Å²) >= 11 is 0. The fraction of sp³-hybridized carbons (Fsp3) is 1.00. The van der Waals surface area contributed by atoms with Crippen molar-refractivity contribution in [1.82, 2.24) is 0 Å². The van der Waals surface area contributed by atoms with Crippen molar-refractivity contribution in [1.29, 1.82) is 0 Å². The molecule has 2 fully saturated rings. The van der Waals surface area contributed by atoms with E-state index in [1.807, 2.05) is 0 Å². The molecule has 0 N–H and O–H groups in total. The van der Waals surface area contributed by atoms with E-state index in [0.717, 1.165) is 19.1 Å². The molecule has 0 aromatic rings. The predicted octanol–water partition coefficient (Wildman–Crippen LogP) is 2.23. The highest BCUT2D eigenvalue weighted by Crippen LogP contribution is 2.39. The topological polar surface area (TPSA) is 21.8 Å². The number of fused-ring (bicyclic) bond motifs is 1. The van der Waals surface area contributed by atoms with E-state index in [0.29, 0.717) is 18.1 Å². The van der Waals surface area contributed by atoms with Crippen LogP contribution in [0.5, 0.6) is 0 Å². The minimum atomic E-state index is 0.599. The quantitative estimate of drug-likeness (QED) is 0.625. The first-order valence-corrected chi connectivity index (χ1v) is 5.49. The first-order valence-electron chi connectivity index (χ1n) is 5.49. The van der Waals surface area contributed by atoms with Gasteiger partial charge in [0.25, 0.3) is 0 Å². The molecular weight excluding hydrogens is 164 g/mol. The van der Waals surface area contributed by atoms with Gasteiger partial charge in [0.15, 0.2) is 0 Å². The Kier molecular flexibility index (Phi) is 2.89. The van der Waals surface area contributed by atoms with Crippen LogP contribution in [0.3, 0.4) is 0 Å². The Bertz CT molecular complexity index is 167. The zero-order valence-electron chi connectivity index (χ0n) is 8.66. The van der Waals surface area contributed by atoms with E-state index in [4.69, 9.17) is 9.47 Å². The lowest BCUT2D eigenvalue weighted by Crippen LogP contribution is -2.19. The number of hydrogen-bond acceptors (Lipinski definition) is 2. The van der Waals surface area contributed by atoms with Crippen LogP contribution in [-0.4, -0.2) is 25.4 Å². The smallest absolute Gasteiger partial charge is 0.0845 e. The maximum Gasteiger partial charge on any atom is 0.0845 e. The minimum Gasteiger partial charge on any atom is -0.381 e. The zero-order valence-corrected chi connectivity index (χ0v) is 8.66. The van der Waals surface area contributed by atoms with E-state index >= 15 is 0 Å². The summed E-state index contributed by atoms with van der Waals surface area (Å²) < 4.78 is 11.1. The molecule has 76 valence electrons. The SMILES string of the molecule is CC(C)COCC1CCC2OC2C1. The average molecular weight is 184 g/mol. The van der Waals surface area contributed by atoms with Crippen LogP contribution in [0.1, 0.15) is 33.1 Å². The fourth-order valence-electron chi connectivity index (χ4n) is 2.11. The van der Waals surface area contributed by atoms with E-state index in [2.05, 4.69) is 13.8 Å². The van der Waals surface area contributed by atoms with Crippen molar-refractivity contribution in [3.05, 3.63) is 0 Å². The molecule has 3 unspecified atom stereocenters. The lowest BCUT2D eigenvalue weighted by Gasteiger charge is -2.19. The molecule has 1 aliphatic heterocycles. The summed E-state index contributed by atoms with van der Waals surface area (Å²) in [5, 5.41) is 0. The van der Waals surface area contributed by atoms with E-state index in [1.165, 1.54) is 19.3 Å². The summed E-state index contributed by atoms with van der Waals surface area (Å²) in [6.45, 7) is 6.25. The third kappa shape index (κ3) is 2.68. The van der Waals surface area contributed by atoms with Crippen LogP contribution in [-0.2, 0) is 9.47 Å². The Hall–Kier alpha value is -0.0800. The van der Waals surface area contributed by atoms with Crippen molar-refractivity contribution in [3.63, 3.8) is 0 Å². The standard InChI is InChI=1S/C11H20O2/c1-8(2)6-12-7-9-3-4-10-11(5-9)13-10/h8-11H,3-7H2,1-2H3. The second-order valence-electron chi connectivity index (χ2n) is 4.82. The van der Waals surface area contributed by atoms with Gasteiger partial charge in [-0.2, -0.15) is 0 Å². The van der Waals surface area contributed by atoms with Crippen molar-refractivity contribution < 1.29 is 9.47 Å². The molecule has 0 spiro atoms. The first-order chi connectivity index (χ1) is 6.25. The number of ether oxygens (including phenoxy) is 2. The molecule has 2 rings (SSSR count). The molecule has 1 heterocycles. The van der Waals surface area contributed by atoms with Gasteiger partial charge in [0, 0.05) is 13.2 Å². The maximum absolute atomic E-state index is 5.65. The molecule has 0 bridgehead atoms. The average Bonchev–Trinajstić information content (AvgIpc) is 2.81. The Morgan fingerprint density at radius 3 is 2.85 bits per heavy atom. The summed E-state index contributed by atoms with van der Waals surface area (Å²) in [5.41, 5.74) is 0. The third-order valence-corrected chi connectivity index (χ3v) is 2.92. The van der Waals surface area contributed by atoms with Crippen LogP contribution >= 0.6 is 0 Å². The van der Waals surface area contributed by atoms with E-state index in [1.54, 1.807) is 0 Å². The van der Waals surface area contributed by atoms with Gasteiger partial charge in [0.05, 0.1) is 12.2 Å². The molecule has 1 saturated carbocycles. The number of epoxide rings is 1. The maximum atomic E-state index is 5.65. The molecule has 2 nitrogen and oxygen atoms in total. The van der Waals surface area contributed by atoms with Crippen molar-refractivity contribution in [2.75, 3.05) is 13.2 Å². The molecule has 1 saturated heterocycles. The third-order valence-electron chi connectivity index (χ3n) is 2.92. The lowest BCUT2D eigenvalue weighted by atomic mass is 9.90. The highest BCUT2D eigenvalue weighted by molar-refractivity contribution is 4.91. The highest BCUT2D eigenvalue weighted by Gasteiger charge is 2.43. The Morgan fingerprint density at radius 1 is 1.31 bits per heavy atom. The van der Waals surface area contributed by atoms with Crippen molar-refractivity contribution in [2.45, 2.75) is 45.3 Å². The minimum absolute atomic E-state index is 0.599. The second-order valence-corrected chi connectivity index (χ2v) is 4.82. The van der Waals surface area contributed by atoms with Gasteiger partial charge in [-0.05, 0) is 31.1 Å². The van der Waals surface area contributed by atoms with Gasteiger partial charge in [-0.1, -0.05) is 13.8 Å². The Labute approximate surface area is 80.6 Å². The van der Waals surface area contributed by atoms with Crippen LogP contribution in [0, 0.1) is 11.8 Å². The normalized spacial score (nSPS) is 37.6. The zero-order chi connectivity index (χ0) is 9.26. The van der Waals surface area contributed by atoms with Crippen molar-refractivity contribution in [2.24, 2.45) is 11.8 Å². The van der Waals surface area contributed by atoms with Crippen molar-refractivity contribution >= 4 is 0 Å². The summed E-state index contributed by atoms with van der Waals surface area (Å²) in [6.07, 6.45) is 5.03. The molecule has 1 aliphatic carbocycles. The summed E-state index contributed by atoms with van der Waals surface area (Å²) in [7, 11) is 0. The molecular formula is C11H20O2. The second kappa shape index (κ2) is 3.97. The predicted molar refractivity (Wildman–Crippen MR) is 51.7 cm³/mol. The molecule has 2 heteroatoms.